The zero-order valence-electron chi connectivity index (χ0n) is 19.7. The van der Waals surface area contributed by atoms with Gasteiger partial charge in [0.05, 0.1) is 11.6 Å². The normalized spacial score (nSPS) is 18.0. The first-order valence-corrected chi connectivity index (χ1v) is 13.1. The van der Waals surface area contributed by atoms with Crippen LogP contribution in [0.25, 0.3) is 4.96 Å². The van der Waals surface area contributed by atoms with E-state index in [0.29, 0.717) is 18.1 Å². The molecule has 1 aliphatic carbocycles. The number of aryl methyl sites for hydroxylation is 1. The van der Waals surface area contributed by atoms with Crippen LogP contribution in [-0.4, -0.2) is 53.7 Å². The molecule has 2 aliphatic rings. The predicted octanol–water partition coefficient (Wildman–Crippen LogP) is 2.89. The summed E-state index contributed by atoms with van der Waals surface area (Å²) in [5.41, 5.74) is 2.94. The Morgan fingerprint density at radius 2 is 2.03 bits per heavy atom. The Morgan fingerprint density at radius 3 is 2.88 bits per heavy atom. The molecule has 0 saturated carbocycles. The van der Waals surface area contributed by atoms with Crippen molar-refractivity contribution in [2.24, 2.45) is 5.92 Å². The maximum absolute atomic E-state index is 12.9. The van der Waals surface area contributed by atoms with Crippen molar-refractivity contribution < 1.29 is 4.79 Å². The quantitative estimate of drug-likeness (QED) is 0.524. The molecule has 0 bridgehead atoms. The third-order valence-corrected chi connectivity index (χ3v) is 7.87. The lowest BCUT2D eigenvalue weighted by Crippen LogP contribution is -2.43. The maximum Gasteiger partial charge on any atom is 0.278 e. The molecule has 3 heterocycles. The minimum absolute atomic E-state index is 0.0195. The molecule has 1 fully saturated rings. The minimum Gasteiger partial charge on any atom is -0.375 e. The van der Waals surface area contributed by atoms with Crippen molar-refractivity contribution in [1.29, 1.82) is 0 Å². The highest BCUT2D eigenvalue weighted by molar-refractivity contribution is 7.20. The fourth-order valence-corrected chi connectivity index (χ4v) is 5.89. The van der Waals surface area contributed by atoms with Crippen LogP contribution in [0, 0.1) is 5.92 Å². The number of para-hydroxylation sites is 1. The van der Waals surface area contributed by atoms with Gasteiger partial charge in [-0.3, -0.25) is 9.59 Å². The standard InChI is InChI=1S/C25H32N6O2S/c1-29(19-10-3-2-4-11-19)15-8-14-26-22(32)18-9-7-16-30(17-18)25-28-31-23(33)20-12-5-6-13-21(20)27-24(31)34-25/h2-4,10-11,18H,5-9,12-17H2,1H3,(H,26,32)/t18-/m1/s1. The Bertz CT molecular complexity index is 1210. The number of nitrogens with one attached hydrogen (secondary N) is 1. The van der Waals surface area contributed by atoms with Crippen molar-refractivity contribution in [2.45, 2.75) is 44.9 Å². The number of carbonyl (C=O) groups is 1. The summed E-state index contributed by atoms with van der Waals surface area (Å²) in [5.74, 6) is 0.0458. The van der Waals surface area contributed by atoms with Gasteiger partial charge in [0, 0.05) is 44.5 Å². The van der Waals surface area contributed by atoms with Crippen LogP contribution in [0.3, 0.4) is 0 Å². The van der Waals surface area contributed by atoms with E-state index in [4.69, 9.17) is 4.98 Å². The second-order valence-corrected chi connectivity index (χ2v) is 10.2. The number of amides is 1. The van der Waals surface area contributed by atoms with E-state index in [9.17, 15) is 9.59 Å². The Balaban J connectivity index is 1.18. The highest BCUT2D eigenvalue weighted by Crippen LogP contribution is 2.28. The molecule has 34 heavy (non-hydrogen) atoms. The fraction of sp³-hybridized carbons (Fsp3) is 0.520. The summed E-state index contributed by atoms with van der Waals surface area (Å²) >= 11 is 1.46. The molecule has 0 radical (unpaired) electrons. The number of hydrogen-bond acceptors (Lipinski definition) is 7. The van der Waals surface area contributed by atoms with Gasteiger partial charge >= 0.3 is 0 Å². The smallest absolute Gasteiger partial charge is 0.278 e. The number of anilines is 2. The number of nitrogens with zero attached hydrogens (tertiary/aromatic N) is 5. The summed E-state index contributed by atoms with van der Waals surface area (Å²) in [6, 6.07) is 10.3. The predicted molar refractivity (Wildman–Crippen MR) is 136 cm³/mol. The molecule has 8 nitrogen and oxygen atoms in total. The summed E-state index contributed by atoms with van der Waals surface area (Å²) in [6.07, 6.45) is 6.51. The van der Waals surface area contributed by atoms with Gasteiger partial charge in [0.1, 0.15) is 0 Å². The van der Waals surface area contributed by atoms with E-state index in [2.05, 4.69) is 39.4 Å². The molecule has 2 aromatic heterocycles. The van der Waals surface area contributed by atoms with Gasteiger partial charge in [0.15, 0.2) is 0 Å². The van der Waals surface area contributed by atoms with Crippen molar-refractivity contribution in [3.63, 3.8) is 0 Å². The van der Waals surface area contributed by atoms with E-state index in [1.165, 1.54) is 21.5 Å². The summed E-state index contributed by atoms with van der Waals surface area (Å²) in [6.45, 7) is 3.03. The first-order chi connectivity index (χ1) is 16.6. The van der Waals surface area contributed by atoms with Crippen LogP contribution in [0.2, 0.25) is 0 Å². The van der Waals surface area contributed by atoms with Gasteiger partial charge in [-0.05, 0) is 57.1 Å². The average molecular weight is 481 g/mol. The van der Waals surface area contributed by atoms with Crippen molar-refractivity contribution in [1.82, 2.24) is 19.9 Å². The molecule has 1 amide bonds. The highest BCUT2D eigenvalue weighted by Gasteiger charge is 2.28. The monoisotopic (exact) mass is 480 g/mol. The minimum atomic E-state index is -0.0644. The van der Waals surface area contributed by atoms with Crippen LogP contribution in [0.1, 0.15) is 43.4 Å². The topological polar surface area (TPSA) is 82.8 Å². The van der Waals surface area contributed by atoms with Crippen molar-refractivity contribution in [2.75, 3.05) is 43.0 Å². The zero-order chi connectivity index (χ0) is 23.5. The first kappa shape index (κ1) is 22.8. The lowest BCUT2D eigenvalue weighted by atomic mass is 9.97. The molecule has 0 spiro atoms. The summed E-state index contributed by atoms with van der Waals surface area (Å²) in [7, 11) is 2.07. The van der Waals surface area contributed by atoms with Gasteiger partial charge in [-0.25, -0.2) is 4.98 Å². The Hall–Kier alpha value is -2.94. The Labute approximate surface area is 203 Å². The van der Waals surface area contributed by atoms with Crippen LogP contribution in [0.4, 0.5) is 10.8 Å². The second kappa shape index (κ2) is 10.1. The number of carbonyl (C=O) groups excluding carboxylic acids is 1. The molecule has 1 aromatic carbocycles. The van der Waals surface area contributed by atoms with Crippen molar-refractivity contribution in [3.05, 3.63) is 51.9 Å². The third kappa shape index (κ3) is 4.80. The molecule has 1 N–H and O–H groups in total. The SMILES string of the molecule is CN(CCCNC(=O)[C@@H]1CCCN(c2nn3c(=O)c4c(nc3s2)CCCC4)C1)c1ccccc1. The first-order valence-electron chi connectivity index (χ1n) is 12.3. The van der Waals surface area contributed by atoms with Crippen LogP contribution in [0.15, 0.2) is 35.1 Å². The second-order valence-electron chi connectivity index (χ2n) is 9.32. The Morgan fingerprint density at radius 1 is 1.21 bits per heavy atom. The van der Waals surface area contributed by atoms with E-state index < -0.39 is 0 Å². The molecule has 0 unspecified atom stereocenters. The average Bonchev–Trinajstić information content (AvgIpc) is 3.32. The van der Waals surface area contributed by atoms with Crippen LogP contribution < -0.4 is 20.7 Å². The van der Waals surface area contributed by atoms with Gasteiger partial charge < -0.3 is 15.1 Å². The van der Waals surface area contributed by atoms with Crippen LogP contribution in [0.5, 0.6) is 0 Å². The van der Waals surface area contributed by atoms with E-state index in [0.717, 1.165) is 74.4 Å². The molecular weight excluding hydrogens is 448 g/mol. The van der Waals surface area contributed by atoms with Gasteiger partial charge in [0.25, 0.3) is 5.56 Å². The summed E-state index contributed by atoms with van der Waals surface area (Å²) in [4.78, 5) is 35.5. The van der Waals surface area contributed by atoms with E-state index in [1.54, 1.807) is 0 Å². The molecule has 1 aliphatic heterocycles. The number of hydrogen-bond donors (Lipinski definition) is 1. The number of fused-ring (bicyclic) bond motifs is 2. The van der Waals surface area contributed by atoms with Gasteiger partial charge in [-0.1, -0.05) is 29.5 Å². The number of piperidine rings is 1. The number of rotatable bonds is 7. The molecule has 3 aromatic rings. The Kier molecular flexibility index (Phi) is 6.80. The lowest BCUT2D eigenvalue weighted by Gasteiger charge is -2.31. The molecule has 1 saturated heterocycles. The molecule has 1 atom stereocenters. The van der Waals surface area contributed by atoms with Crippen LogP contribution >= 0.6 is 11.3 Å². The number of aromatic nitrogens is 3. The maximum atomic E-state index is 12.9. The van der Waals surface area contributed by atoms with Crippen LogP contribution in [-0.2, 0) is 17.6 Å². The van der Waals surface area contributed by atoms with E-state index in [-0.39, 0.29) is 17.4 Å². The molecule has 9 heteroatoms. The largest absolute Gasteiger partial charge is 0.375 e. The zero-order valence-corrected chi connectivity index (χ0v) is 20.5. The number of benzene rings is 1. The molecule has 5 rings (SSSR count). The molecular formula is C25H32N6O2S. The summed E-state index contributed by atoms with van der Waals surface area (Å²) < 4.78 is 1.47. The van der Waals surface area contributed by atoms with E-state index >= 15 is 0 Å². The summed E-state index contributed by atoms with van der Waals surface area (Å²) in [5, 5.41) is 8.52. The third-order valence-electron chi connectivity index (χ3n) is 6.90. The fourth-order valence-electron chi connectivity index (χ4n) is 4.94. The van der Waals surface area contributed by atoms with Gasteiger partial charge in [-0.2, -0.15) is 4.52 Å². The molecule has 180 valence electrons. The lowest BCUT2D eigenvalue weighted by molar-refractivity contribution is -0.125. The van der Waals surface area contributed by atoms with Crippen molar-refractivity contribution >= 4 is 33.0 Å². The van der Waals surface area contributed by atoms with E-state index in [1.807, 2.05) is 18.2 Å². The van der Waals surface area contributed by atoms with Crippen molar-refractivity contribution in [3.8, 4) is 0 Å². The highest BCUT2D eigenvalue weighted by atomic mass is 32.1. The van der Waals surface area contributed by atoms with Gasteiger partial charge in [-0.15, -0.1) is 5.10 Å². The van der Waals surface area contributed by atoms with Gasteiger partial charge in [0.2, 0.25) is 16.0 Å².